The van der Waals surface area contributed by atoms with Gasteiger partial charge in [-0.3, -0.25) is 0 Å². The van der Waals surface area contributed by atoms with Crippen LogP contribution in [-0.2, 0) is 0 Å². The van der Waals surface area contributed by atoms with Crippen molar-refractivity contribution in [1.82, 2.24) is 19.7 Å². The van der Waals surface area contributed by atoms with E-state index in [0.717, 1.165) is 10.9 Å². The first kappa shape index (κ1) is 10.8. The van der Waals surface area contributed by atoms with Gasteiger partial charge in [0.1, 0.15) is 10.7 Å². The number of hydrogen-bond donors (Lipinski definition) is 1. The second-order valence-electron chi connectivity index (χ2n) is 3.71. The Morgan fingerprint density at radius 3 is 2.78 bits per heavy atom. The molecule has 0 aliphatic carbocycles. The number of rotatable bonds is 2. The predicted octanol–water partition coefficient (Wildman–Crippen LogP) is 1.45. The highest BCUT2D eigenvalue weighted by atomic mass is 32.1. The molecule has 2 heterocycles. The van der Waals surface area contributed by atoms with Crippen molar-refractivity contribution in [3.63, 3.8) is 0 Å². The minimum absolute atomic E-state index is 0.206. The molecule has 18 heavy (non-hydrogen) atoms. The van der Waals surface area contributed by atoms with Crippen molar-refractivity contribution in [2.45, 2.75) is 0 Å². The van der Waals surface area contributed by atoms with Crippen molar-refractivity contribution >= 4 is 28.1 Å². The van der Waals surface area contributed by atoms with Crippen molar-refractivity contribution in [3.8, 4) is 5.82 Å². The second-order valence-corrected chi connectivity index (χ2v) is 4.15. The van der Waals surface area contributed by atoms with Crippen LogP contribution in [0, 0.1) is 0 Å². The molecule has 1 aromatic carbocycles. The summed E-state index contributed by atoms with van der Waals surface area (Å²) in [5, 5.41) is 5.33. The minimum atomic E-state index is 0.206. The van der Waals surface area contributed by atoms with Crippen LogP contribution in [0.2, 0.25) is 0 Å². The number of benzene rings is 1. The maximum atomic E-state index is 5.65. The van der Waals surface area contributed by atoms with Gasteiger partial charge in [0.2, 0.25) is 0 Å². The van der Waals surface area contributed by atoms with Crippen LogP contribution >= 0.6 is 12.2 Å². The Hall–Kier alpha value is -2.34. The fraction of sp³-hybridized carbons (Fsp3) is 0. The summed E-state index contributed by atoms with van der Waals surface area (Å²) in [5.41, 5.74) is 7.07. The minimum Gasteiger partial charge on any atom is -0.388 e. The Morgan fingerprint density at radius 2 is 1.94 bits per heavy atom. The summed E-state index contributed by atoms with van der Waals surface area (Å²) in [4.78, 5) is 8.62. The van der Waals surface area contributed by atoms with Gasteiger partial charge in [0, 0.05) is 17.8 Å². The van der Waals surface area contributed by atoms with Crippen molar-refractivity contribution in [2.75, 3.05) is 0 Å². The third-order valence-electron chi connectivity index (χ3n) is 2.59. The van der Waals surface area contributed by atoms with Gasteiger partial charge in [-0.2, -0.15) is 5.10 Å². The number of hydrogen-bond acceptors (Lipinski definition) is 4. The summed E-state index contributed by atoms with van der Waals surface area (Å²) in [5.74, 6) is 0.547. The number of thiocarbonyl (C=S) groups is 1. The van der Waals surface area contributed by atoms with Crippen LogP contribution < -0.4 is 5.73 Å². The van der Waals surface area contributed by atoms with Crippen LogP contribution in [0.5, 0.6) is 0 Å². The Morgan fingerprint density at radius 1 is 1.17 bits per heavy atom. The molecule has 0 radical (unpaired) electrons. The first-order valence-corrected chi connectivity index (χ1v) is 5.72. The average Bonchev–Trinajstić information content (AvgIpc) is 2.82. The zero-order chi connectivity index (χ0) is 12.5. The van der Waals surface area contributed by atoms with E-state index in [-0.39, 0.29) is 4.99 Å². The molecular weight excluding hydrogens is 246 g/mol. The summed E-state index contributed by atoms with van der Waals surface area (Å²) in [7, 11) is 0. The maximum Gasteiger partial charge on any atom is 0.183 e. The van der Waals surface area contributed by atoms with Crippen molar-refractivity contribution < 1.29 is 0 Å². The third kappa shape index (κ3) is 1.63. The molecule has 0 unspecified atom stereocenters. The lowest BCUT2D eigenvalue weighted by molar-refractivity contribution is 0.860. The maximum absolute atomic E-state index is 5.65. The van der Waals surface area contributed by atoms with Gasteiger partial charge in [-0.05, 0) is 6.07 Å². The van der Waals surface area contributed by atoms with E-state index in [0.29, 0.717) is 11.5 Å². The molecular formula is C12H9N5S. The van der Waals surface area contributed by atoms with Gasteiger partial charge < -0.3 is 5.73 Å². The van der Waals surface area contributed by atoms with Gasteiger partial charge in [-0.25, -0.2) is 14.6 Å². The Balaban J connectivity index is 2.30. The van der Waals surface area contributed by atoms with E-state index in [1.165, 1.54) is 0 Å². The van der Waals surface area contributed by atoms with Crippen molar-refractivity contribution in [3.05, 3.63) is 48.5 Å². The summed E-state index contributed by atoms with van der Waals surface area (Å²) < 4.78 is 1.69. The standard InChI is InChI=1S/C12H9N5S/c13-11(18)10-12(15-6-5-14-10)17-9-4-2-1-3-8(9)7-16-17/h1-7H,(H2,13,18). The van der Waals surface area contributed by atoms with Crippen LogP contribution in [0.1, 0.15) is 5.69 Å². The number of fused-ring (bicyclic) bond motifs is 1. The molecule has 6 heteroatoms. The average molecular weight is 255 g/mol. The molecule has 0 saturated carbocycles. The highest BCUT2D eigenvalue weighted by molar-refractivity contribution is 7.80. The van der Waals surface area contributed by atoms with E-state index in [2.05, 4.69) is 15.1 Å². The van der Waals surface area contributed by atoms with E-state index in [1.807, 2.05) is 24.3 Å². The lowest BCUT2D eigenvalue weighted by Gasteiger charge is -2.06. The van der Waals surface area contributed by atoms with Crippen LogP contribution in [0.25, 0.3) is 16.7 Å². The SMILES string of the molecule is NC(=S)c1nccnc1-n1ncc2ccccc21. The Bertz CT molecular complexity index is 734. The zero-order valence-electron chi connectivity index (χ0n) is 9.32. The molecule has 5 nitrogen and oxygen atoms in total. The molecule has 0 spiro atoms. The highest BCUT2D eigenvalue weighted by Gasteiger charge is 2.12. The summed E-state index contributed by atoms with van der Waals surface area (Å²) in [6.45, 7) is 0. The highest BCUT2D eigenvalue weighted by Crippen LogP contribution is 2.17. The fourth-order valence-corrected chi connectivity index (χ4v) is 1.94. The Kier molecular flexibility index (Phi) is 2.49. The molecule has 0 aliphatic heterocycles. The lowest BCUT2D eigenvalue weighted by Crippen LogP contribution is -2.17. The lowest BCUT2D eigenvalue weighted by atomic mass is 10.2. The van der Waals surface area contributed by atoms with Gasteiger partial charge in [-0.15, -0.1) is 0 Å². The van der Waals surface area contributed by atoms with E-state index in [9.17, 15) is 0 Å². The molecule has 3 rings (SSSR count). The number of para-hydroxylation sites is 1. The number of nitrogens with two attached hydrogens (primary N) is 1. The third-order valence-corrected chi connectivity index (χ3v) is 2.78. The first-order valence-electron chi connectivity index (χ1n) is 5.31. The number of nitrogens with zero attached hydrogens (tertiary/aromatic N) is 4. The second kappa shape index (κ2) is 4.15. The summed E-state index contributed by atoms with van der Waals surface area (Å²) in [6.07, 6.45) is 4.92. The predicted molar refractivity (Wildman–Crippen MR) is 72.5 cm³/mol. The van der Waals surface area contributed by atoms with Crippen molar-refractivity contribution in [2.24, 2.45) is 5.73 Å². The van der Waals surface area contributed by atoms with Crippen LogP contribution in [0.15, 0.2) is 42.9 Å². The molecule has 0 atom stereocenters. The van der Waals surface area contributed by atoms with Crippen LogP contribution in [0.4, 0.5) is 0 Å². The molecule has 0 aliphatic rings. The van der Waals surface area contributed by atoms with E-state index >= 15 is 0 Å². The monoisotopic (exact) mass is 255 g/mol. The number of aromatic nitrogens is 4. The summed E-state index contributed by atoms with van der Waals surface area (Å²) in [6, 6.07) is 7.84. The van der Waals surface area contributed by atoms with Gasteiger partial charge in [0.05, 0.1) is 11.7 Å². The normalized spacial score (nSPS) is 10.7. The van der Waals surface area contributed by atoms with Gasteiger partial charge in [-0.1, -0.05) is 30.4 Å². The van der Waals surface area contributed by atoms with Crippen LogP contribution in [0.3, 0.4) is 0 Å². The Labute approximate surface area is 108 Å². The molecule has 2 N–H and O–H groups in total. The largest absolute Gasteiger partial charge is 0.388 e. The van der Waals surface area contributed by atoms with E-state index in [1.54, 1.807) is 23.3 Å². The topological polar surface area (TPSA) is 69.6 Å². The van der Waals surface area contributed by atoms with Gasteiger partial charge in [0.25, 0.3) is 0 Å². The zero-order valence-corrected chi connectivity index (χ0v) is 10.1. The first-order chi connectivity index (χ1) is 8.77. The smallest absolute Gasteiger partial charge is 0.183 e. The molecule has 0 amide bonds. The van der Waals surface area contributed by atoms with Crippen molar-refractivity contribution in [1.29, 1.82) is 0 Å². The molecule has 0 saturated heterocycles. The van der Waals surface area contributed by atoms with E-state index in [4.69, 9.17) is 18.0 Å². The molecule has 0 fully saturated rings. The molecule has 0 bridgehead atoms. The van der Waals surface area contributed by atoms with Crippen LogP contribution in [-0.4, -0.2) is 24.7 Å². The molecule has 3 aromatic rings. The van der Waals surface area contributed by atoms with E-state index < -0.39 is 0 Å². The molecule has 2 aromatic heterocycles. The quantitative estimate of drug-likeness (QED) is 0.702. The summed E-state index contributed by atoms with van der Waals surface area (Å²) >= 11 is 4.98. The fourth-order valence-electron chi connectivity index (χ4n) is 1.80. The van der Waals surface area contributed by atoms with Gasteiger partial charge in [0.15, 0.2) is 5.82 Å². The molecule has 88 valence electrons. The van der Waals surface area contributed by atoms with Gasteiger partial charge >= 0.3 is 0 Å².